The molecule has 0 aliphatic rings. The molecule has 12 heteroatoms. The van der Waals surface area contributed by atoms with E-state index in [1.54, 1.807) is 19.1 Å². The maximum atomic E-state index is 10.4. The van der Waals surface area contributed by atoms with Gasteiger partial charge in [-0.1, -0.05) is 108 Å². The summed E-state index contributed by atoms with van der Waals surface area (Å²) >= 11 is 24.6. The second-order valence-corrected chi connectivity index (χ2v) is 15.9. The lowest BCUT2D eigenvalue weighted by atomic mass is 10.1. The van der Waals surface area contributed by atoms with Crippen molar-refractivity contribution in [3.63, 3.8) is 0 Å². The van der Waals surface area contributed by atoms with Crippen LogP contribution in [0.3, 0.4) is 0 Å². The fourth-order valence-electron chi connectivity index (χ4n) is 4.86. The first-order chi connectivity index (χ1) is 22.8. The van der Waals surface area contributed by atoms with Crippen molar-refractivity contribution in [2.45, 2.75) is 49.9 Å². The molecule has 4 atom stereocenters. The van der Waals surface area contributed by atoms with Crippen LogP contribution >= 0.6 is 67.8 Å². The summed E-state index contributed by atoms with van der Waals surface area (Å²) in [5.41, 5.74) is 4.32. The standard InChI is InChI=1S/C18H20Cl3N.C18H22ClNO2.Cl2OS/c1-14(19)11-22(12-15-5-3-2-4-6-15)13-18(21)16-7-9-17(20)10-8-16;1-14(21)11-20(12-15-5-3-2-4-6-15)13-18(22)16-7-9-17(19)10-8-16;1-4(2)3/h2-10,14,18H,11-13H2,1H3;2-10,14,18,21-22H,11-13H2,1H3;. The summed E-state index contributed by atoms with van der Waals surface area (Å²) in [4.78, 5) is 4.35. The first kappa shape index (κ1) is 42.8. The van der Waals surface area contributed by atoms with E-state index in [4.69, 9.17) is 50.6 Å². The van der Waals surface area contributed by atoms with Gasteiger partial charge in [0, 0.05) is 76.1 Å². The minimum atomic E-state index is -1.67. The highest BCUT2D eigenvalue weighted by molar-refractivity contribution is 8.26. The summed E-state index contributed by atoms with van der Waals surface area (Å²) < 4.78 is 9.09. The largest absolute Gasteiger partial charge is 0.392 e. The Hall–Kier alpha value is -1.39. The van der Waals surface area contributed by atoms with Gasteiger partial charge in [-0.3, -0.25) is 9.80 Å². The van der Waals surface area contributed by atoms with Gasteiger partial charge in [-0.2, -0.15) is 0 Å². The van der Waals surface area contributed by atoms with Crippen molar-refractivity contribution < 1.29 is 14.4 Å². The van der Waals surface area contributed by atoms with Gasteiger partial charge in [0.1, 0.15) is 0 Å². The molecule has 0 heterocycles. The lowest BCUT2D eigenvalue weighted by molar-refractivity contribution is 0.0716. The van der Waals surface area contributed by atoms with Crippen LogP contribution in [0.15, 0.2) is 109 Å². The van der Waals surface area contributed by atoms with Crippen LogP contribution in [0.2, 0.25) is 10.0 Å². The van der Waals surface area contributed by atoms with Crippen molar-refractivity contribution in [1.29, 1.82) is 0 Å². The van der Waals surface area contributed by atoms with Crippen molar-refractivity contribution in [2.24, 2.45) is 0 Å². The zero-order valence-corrected chi connectivity index (χ0v) is 32.2. The Balaban J connectivity index is 0.000000300. The molecule has 0 aromatic heterocycles. The van der Waals surface area contributed by atoms with Gasteiger partial charge >= 0.3 is 0 Å². The number of hydrogen-bond acceptors (Lipinski definition) is 5. The summed E-state index contributed by atoms with van der Waals surface area (Å²) in [6.45, 7) is 7.81. The number of halogens is 6. The Morgan fingerprint density at radius 1 is 0.604 bits per heavy atom. The molecular formula is C36H42Cl6N2O3S. The average molecular weight is 796 g/mol. The zero-order valence-electron chi connectivity index (χ0n) is 26.8. The molecule has 0 amide bonds. The minimum Gasteiger partial charge on any atom is -0.392 e. The molecule has 0 bridgehead atoms. The van der Waals surface area contributed by atoms with Gasteiger partial charge in [0.2, 0.25) is 9.23 Å². The van der Waals surface area contributed by atoms with Crippen molar-refractivity contribution in [1.82, 2.24) is 9.80 Å². The highest BCUT2D eigenvalue weighted by atomic mass is 36.0. The Labute approximate surface area is 316 Å². The lowest BCUT2D eigenvalue weighted by Crippen LogP contribution is -2.34. The molecule has 4 aromatic carbocycles. The summed E-state index contributed by atoms with van der Waals surface area (Å²) in [5.74, 6) is 0. The molecule has 2 N–H and O–H groups in total. The molecule has 0 saturated carbocycles. The van der Waals surface area contributed by atoms with Gasteiger partial charge in [0.05, 0.1) is 17.6 Å². The van der Waals surface area contributed by atoms with Crippen molar-refractivity contribution in [3.05, 3.63) is 141 Å². The quantitative estimate of drug-likeness (QED) is 0.0984. The summed E-state index contributed by atoms with van der Waals surface area (Å²) in [6.07, 6.45) is -1.05. The minimum absolute atomic E-state index is 0.0813. The zero-order chi connectivity index (χ0) is 35.5. The second kappa shape index (κ2) is 23.9. The van der Waals surface area contributed by atoms with E-state index in [-0.39, 0.29) is 10.8 Å². The van der Waals surface area contributed by atoms with Crippen LogP contribution in [0.5, 0.6) is 0 Å². The molecule has 5 nitrogen and oxygen atoms in total. The van der Waals surface area contributed by atoms with Crippen molar-refractivity contribution >= 4 is 77.0 Å². The van der Waals surface area contributed by atoms with Crippen LogP contribution in [0.4, 0.5) is 0 Å². The Bertz CT molecular complexity index is 1330. The molecule has 262 valence electrons. The normalized spacial score (nSPS) is 13.6. The SMILES string of the molecule is CC(Cl)CN(Cc1ccccc1)CC(Cl)c1ccc(Cl)cc1.CC(O)CN(Cc1ccccc1)CC(O)c1ccc(Cl)cc1.O=S(Cl)Cl. The van der Waals surface area contributed by atoms with E-state index in [2.05, 4.69) is 55.4 Å². The van der Waals surface area contributed by atoms with Crippen LogP contribution in [-0.4, -0.2) is 61.9 Å². The maximum absolute atomic E-state index is 10.4. The second-order valence-electron chi connectivity index (χ2n) is 11.3. The summed E-state index contributed by atoms with van der Waals surface area (Å²) in [7, 11) is 7.36. The molecule has 48 heavy (non-hydrogen) atoms. The van der Waals surface area contributed by atoms with Gasteiger partial charge < -0.3 is 10.2 Å². The fraction of sp³-hybridized carbons (Fsp3) is 0.333. The Kier molecular flexibility index (Phi) is 21.3. The highest BCUT2D eigenvalue weighted by Gasteiger charge is 2.17. The van der Waals surface area contributed by atoms with E-state index < -0.39 is 21.4 Å². The maximum Gasteiger partial charge on any atom is 0.211 e. The van der Waals surface area contributed by atoms with Gasteiger partial charge in [0.15, 0.2) is 0 Å². The van der Waals surface area contributed by atoms with Crippen molar-refractivity contribution in [2.75, 3.05) is 26.2 Å². The van der Waals surface area contributed by atoms with Crippen LogP contribution in [0, 0.1) is 0 Å². The number of aliphatic hydroxyl groups excluding tert-OH is 2. The highest BCUT2D eigenvalue weighted by Crippen LogP contribution is 2.25. The first-order valence-corrected chi connectivity index (χ1v) is 19.7. The lowest BCUT2D eigenvalue weighted by Gasteiger charge is -2.26. The van der Waals surface area contributed by atoms with Crippen LogP contribution in [-0.2, 0) is 22.3 Å². The number of alkyl halides is 2. The number of nitrogens with zero attached hydrogens (tertiary/aromatic N) is 2. The fourth-order valence-corrected chi connectivity index (χ4v) is 5.65. The molecule has 0 aliphatic heterocycles. The van der Waals surface area contributed by atoms with Crippen LogP contribution < -0.4 is 0 Å². The third-order valence-corrected chi connectivity index (χ3v) is 7.90. The van der Waals surface area contributed by atoms with Crippen molar-refractivity contribution in [3.8, 4) is 0 Å². The average Bonchev–Trinajstić information content (AvgIpc) is 3.02. The van der Waals surface area contributed by atoms with Gasteiger partial charge in [-0.25, -0.2) is 4.21 Å². The van der Waals surface area contributed by atoms with E-state index in [0.29, 0.717) is 24.7 Å². The Morgan fingerprint density at radius 2 is 1.00 bits per heavy atom. The molecule has 4 rings (SSSR count). The predicted octanol–water partition coefficient (Wildman–Crippen LogP) is 10.0. The molecule has 0 radical (unpaired) electrons. The summed E-state index contributed by atoms with van der Waals surface area (Å²) in [5, 5.41) is 21.5. The first-order valence-electron chi connectivity index (χ1n) is 15.2. The summed E-state index contributed by atoms with van der Waals surface area (Å²) in [6, 6.07) is 35.3. The molecule has 4 aromatic rings. The number of benzene rings is 4. The van der Waals surface area contributed by atoms with E-state index >= 15 is 0 Å². The molecular weight excluding hydrogens is 753 g/mol. The molecule has 0 aliphatic carbocycles. The van der Waals surface area contributed by atoms with E-state index in [9.17, 15) is 10.2 Å². The smallest absolute Gasteiger partial charge is 0.211 e. The van der Waals surface area contributed by atoms with E-state index in [0.717, 1.165) is 41.3 Å². The monoisotopic (exact) mass is 792 g/mol. The Morgan fingerprint density at radius 3 is 1.40 bits per heavy atom. The van der Waals surface area contributed by atoms with E-state index in [1.807, 2.05) is 79.7 Å². The predicted molar refractivity (Wildman–Crippen MR) is 207 cm³/mol. The molecule has 0 fully saturated rings. The van der Waals surface area contributed by atoms with Crippen LogP contribution in [0.25, 0.3) is 0 Å². The van der Waals surface area contributed by atoms with Gasteiger partial charge in [0.25, 0.3) is 0 Å². The molecule has 0 saturated heterocycles. The van der Waals surface area contributed by atoms with Gasteiger partial charge in [-0.15, -0.1) is 23.2 Å². The van der Waals surface area contributed by atoms with Gasteiger partial charge in [-0.05, 0) is 60.4 Å². The number of rotatable bonds is 14. The third-order valence-electron chi connectivity index (χ3n) is 6.87. The van der Waals surface area contributed by atoms with E-state index in [1.165, 1.54) is 5.56 Å². The molecule has 4 unspecified atom stereocenters. The third kappa shape index (κ3) is 19.1. The van der Waals surface area contributed by atoms with Crippen LogP contribution in [0.1, 0.15) is 47.6 Å². The number of hydrogen-bond donors (Lipinski definition) is 2. The topological polar surface area (TPSA) is 64.0 Å². The molecule has 0 spiro atoms. The number of aliphatic hydroxyl groups is 2.